The second-order valence-corrected chi connectivity index (χ2v) is 4.13. The molecular formula is C9H8N4O2S2. The Morgan fingerprint density at radius 1 is 1.53 bits per heavy atom. The van der Waals surface area contributed by atoms with Crippen LogP contribution in [-0.2, 0) is 4.79 Å². The lowest BCUT2D eigenvalue weighted by atomic mass is 10.4. The van der Waals surface area contributed by atoms with E-state index in [4.69, 9.17) is 4.74 Å². The number of amides is 1. The molecule has 0 bridgehead atoms. The fraction of sp³-hybridized carbons (Fsp3) is 0.111. The number of hydrogen-bond acceptors (Lipinski definition) is 7. The monoisotopic (exact) mass is 268 g/mol. The molecule has 0 spiro atoms. The average molecular weight is 268 g/mol. The third-order valence-electron chi connectivity index (χ3n) is 1.77. The standard InChI is InChI=1S/C9H8N4O2S2/c14-8(13-16)4-15-9-11-3-7(17-9)6-1-2-10-5-12-6/h1-3,5,16H,4H2,(H,13,14). The molecule has 1 amide bonds. The Morgan fingerprint density at radius 2 is 2.41 bits per heavy atom. The third kappa shape index (κ3) is 3.14. The lowest BCUT2D eigenvalue weighted by Crippen LogP contribution is -2.20. The van der Waals surface area contributed by atoms with E-state index in [-0.39, 0.29) is 12.5 Å². The van der Waals surface area contributed by atoms with Gasteiger partial charge in [-0.05, 0) is 6.07 Å². The molecule has 0 aliphatic carbocycles. The minimum Gasteiger partial charge on any atom is -0.460 e. The van der Waals surface area contributed by atoms with Crippen molar-refractivity contribution in [1.29, 1.82) is 0 Å². The molecular weight excluding hydrogens is 260 g/mol. The van der Waals surface area contributed by atoms with E-state index in [1.54, 1.807) is 18.5 Å². The summed E-state index contributed by atoms with van der Waals surface area (Å²) in [5.41, 5.74) is 0.769. The largest absolute Gasteiger partial charge is 0.460 e. The highest BCUT2D eigenvalue weighted by Crippen LogP contribution is 2.28. The van der Waals surface area contributed by atoms with Crippen LogP contribution in [-0.4, -0.2) is 27.5 Å². The first-order chi connectivity index (χ1) is 8.29. The summed E-state index contributed by atoms with van der Waals surface area (Å²) < 4.78 is 7.32. The summed E-state index contributed by atoms with van der Waals surface area (Å²) in [6.07, 6.45) is 4.75. The van der Waals surface area contributed by atoms with Gasteiger partial charge in [-0.3, -0.25) is 9.52 Å². The summed E-state index contributed by atoms with van der Waals surface area (Å²) in [5, 5.41) is 0.413. The Bertz CT molecular complexity index is 503. The molecule has 0 fully saturated rings. The molecule has 0 atom stereocenters. The fourth-order valence-electron chi connectivity index (χ4n) is 1.04. The van der Waals surface area contributed by atoms with Crippen molar-refractivity contribution in [2.24, 2.45) is 0 Å². The molecule has 0 radical (unpaired) electrons. The molecule has 1 N–H and O–H groups in total. The van der Waals surface area contributed by atoms with E-state index in [1.807, 2.05) is 0 Å². The van der Waals surface area contributed by atoms with Crippen LogP contribution in [0.1, 0.15) is 0 Å². The average Bonchev–Trinajstić information content (AvgIpc) is 2.86. The lowest BCUT2D eigenvalue weighted by molar-refractivity contribution is -0.121. The van der Waals surface area contributed by atoms with Crippen LogP contribution >= 0.6 is 24.2 Å². The highest BCUT2D eigenvalue weighted by Gasteiger charge is 2.07. The molecule has 0 aliphatic rings. The van der Waals surface area contributed by atoms with Crippen molar-refractivity contribution in [3.8, 4) is 15.8 Å². The SMILES string of the molecule is O=C(COc1ncc(-c2ccncn2)s1)NS. The zero-order valence-corrected chi connectivity index (χ0v) is 10.2. The molecule has 8 heteroatoms. The van der Waals surface area contributed by atoms with Gasteiger partial charge in [0.15, 0.2) is 6.61 Å². The topological polar surface area (TPSA) is 77.0 Å². The highest BCUT2D eigenvalue weighted by atomic mass is 32.1. The number of carbonyl (C=O) groups is 1. The van der Waals surface area contributed by atoms with Gasteiger partial charge in [-0.15, -0.1) is 0 Å². The van der Waals surface area contributed by atoms with Crippen LogP contribution in [0.3, 0.4) is 0 Å². The van der Waals surface area contributed by atoms with Gasteiger partial charge in [-0.25, -0.2) is 15.0 Å². The van der Waals surface area contributed by atoms with Crippen LogP contribution in [0.5, 0.6) is 5.19 Å². The van der Waals surface area contributed by atoms with Crippen LogP contribution in [0.15, 0.2) is 24.8 Å². The minimum absolute atomic E-state index is 0.111. The van der Waals surface area contributed by atoms with Gasteiger partial charge >= 0.3 is 0 Å². The quantitative estimate of drug-likeness (QED) is 0.807. The Morgan fingerprint density at radius 3 is 3.12 bits per heavy atom. The summed E-state index contributed by atoms with van der Waals surface area (Å²) in [4.78, 5) is 23.7. The molecule has 6 nitrogen and oxygen atoms in total. The molecule has 2 rings (SSSR count). The van der Waals surface area contributed by atoms with E-state index in [0.29, 0.717) is 5.19 Å². The summed E-state index contributed by atoms with van der Waals surface area (Å²) in [6, 6.07) is 1.78. The van der Waals surface area contributed by atoms with Crippen molar-refractivity contribution < 1.29 is 9.53 Å². The van der Waals surface area contributed by atoms with Crippen LogP contribution in [0.4, 0.5) is 0 Å². The second-order valence-electron chi connectivity index (χ2n) is 2.91. The number of thiazole rings is 1. The molecule has 0 aromatic carbocycles. The van der Waals surface area contributed by atoms with Gasteiger partial charge in [0, 0.05) is 6.20 Å². The van der Waals surface area contributed by atoms with E-state index in [1.165, 1.54) is 17.7 Å². The Kier molecular flexibility index (Phi) is 3.89. The lowest BCUT2D eigenvalue weighted by Gasteiger charge is -1.98. The first-order valence-corrected chi connectivity index (χ1v) is 5.84. The van der Waals surface area contributed by atoms with E-state index >= 15 is 0 Å². The van der Waals surface area contributed by atoms with Gasteiger partial charge in [-0.1, -0.05) is 24.2 Å². The summed E-state index contributed by atoms with van der Waals surface area (Å²) in [5.74, 6) is -0.327. The molecule has 0 aliphatic heterocycles. The van der Waals surface area contributed by atoms with Gasteiger partial charge in [0.1, 0.15) is 6.33 Å². The molecule has 2 heterocycles. The number of thiol groups is 1. The zero-order chi connectivity index (χ0) is 12.1. The van der Waals surface area contributed by atoms with Gasteiger partial charge in [-0.2, -0.15) is 0 Å². The van der Waals surface area contributed by atoms with E-state index in [2.05, 4.69) is 32.5 Å². The summed E-state index contributed by atoms with van der Waals surface area (Å²) in [7, 11) is 0. The van der Waals surface area contributed by atoms with Gasteiger partial charge in [0.05, 0.1) is 16.8 Å². The maximum atomic E-state index is 10.9. The van der Waals surface area contributed by atoms with E-state index < -0.39 is 0 Å². The number of aromatic nitrogens is 3. The summed E-state index contributed by atoms with van der Waals surface area (Å²) >= 11 is 4.92. The van der Waals surface area contributed by atoms with Crippen molar-refractivity contribution in [3.63, 3.8) is 0 Å². The second kappa shape index (κ2) is 5.60. The first-order valence-electron chi connectivity index (χ1n) is 4.57. The van der Waals surface area contributed by atoms with Crippen LogP contribution < -0.4 is 9.46 Å². The number of nitrogens with zero attached hydrogens (tertiary/aromatic N) is 3. The number of nitrogens with one attached hydrogen (secondary N) is 1. The van der Waals surface area contributed by atoms with Crippen LogP contribution in [0, 0.1) is 0 Å². The normalized spacial score (nSPS) is 9.94. The van der Waals surface area contributed by atoms with Crippen LogP contribution in [0.2, 0.25) is 0 Å². The van der Waals surface area contributed by atoms with Crippen molar-refractivity contribution >= 4 is 30.1 Å². The molecule has 88 valence electrons. The predicted molar refractivity (Wildman–Crippen MR) is 65.8 cm³/mol. The molecule has 2 aromatic heterocycles. The maximum Gasteiger partial charge on any atom is 0.274 e. The highest BCUT2D eigenvalue weighted by molar-refractivity contribution is 7.78. The van der Waals surface area contributed by atoms with Crippen molar-refractivity contribution in [3.05, 3.63) is 24.8 Å². The van der Waals surface area contributed by atoms with Crippen molar-refractivity contribution in [2.45, 2.75) is 0 Å². The number of rotatable bonds is 4. The molecule has 17 heavy (non-hydrogen) atoms. The fourth-order valence-corrected chi connectivity index (χ4v) is 1.85. The molecule has 0 saturated heterocycles. The van der Waals surface area contributed by atoms with Gasteiger partial charge in [0.2, 0.25) is 0 Å². The molecule has 0 saturated carbocycles. The predicted octanol–water partition coefficient (Wildman–Crippen LogP) is 0.940. The Balaban J connectivity index is 2.04. The first kappa shape index (κ1) is 11.8. The molecule has 0 unspecified atom stereocenters. The zero-order valence-electron chi connectivity index (χ0n) is 8.53. The van der Waals surface area contributed by atoms with Crippen molar-refractivity contribution in [2.75, 3.05) is 6.61 Å². The Hall–Kier alpha value is -1.67. The van der Waals surface area contributed by atoms with Gasteiger partial charge < -0.3 is 4.74 Å². The summed E-state index contributed by atoms with van der Waals surface area (Å²) in [6.45, 7) is -0.111. The Labute approximate surface area is 107 Å². The molecule has 2 aromatic rings. The number of carbonyl (C=O) groups excluding carboxylic acids is 1. The smallest absolute Gasteiger partial charge is 0.274 e. The number of hydrogen-bond donors (Lipinski definition) is 2. The van der Waals surface area contributed by atoms with E-state index in [9.17, 15) is 4.79 Å². The van der Waals surface area contributed by atoms with Crippen LogP contribution in [0.25, 0.3) is 10.6 Å². The minimum atomic E-state index is -0.327. The van der Waals surface area contributed by atoms with Gasteiger partial charge in [0.25, 0.3) is 11.1 Å². The van der Waals surface area contributed by atoms with Crippen molar-refractivity contribution in [1.82, 2.24) is 19.7 Å². The number of ether oxygens (including phenoxy) is 1. The third-order valence-corrected chi connectivity index (χ3v) is 2.95. The van der Waals surface area contributed by atoms with E-state index in [0.717, 1.165) is 10.6 Å². The maximum absolute atomic E-state index is 10.9.